The smallest absolute Gasteiger partial charge is 0.121 e. The van der Waals surface area contributed by atoms with Crippen molar-refractivity contribution in [3.8, 4) is 28.3 Å². The zero-order chi connectivity index (χ0) is 41.7. The van der Waals surface area contributed by atoms with Gasteiger partial charge in [0.1, 0.15) is 5.58 Å². The summed E-state index contributed by atoms with van der Waals surface area (Å²) in [5, 5.41) is 1.78. The first kappa shape index (κ1) is 28.7. The van der Waals surface area contributed by atoms with Crippen molar-refractivity contribution in [2.24, 2.45) is 0 Å². The van der Waals surface area contributed by atoms with Crippen molar-refractivity contribution in [3.05, 3.63) is 149 Å². The van der Waals surface area contributed by atoms with Crippen LogP contribution in [-0.4, -0.2) is 14.5 Å². The molecule has 5 aromatic carbocycles. The first-order valence-corrected chi connectivity index (χ1v) is 17.3. The van der Waals surface area contributed by atoms with Crippen molar-refractivity contribution in [3.63, 3.8) is 0 Å². The fourth-order valence-corrected chi connectivity index (χ4v) is 6.67. The molecule has 0 saturated heterocycles. The topological polar surface area (TPSA) is 43.9 Å². The largest absolute Gasteiger partial charge is 0.501 e. The molecule has 265 valence electrons. The summed E-state index contributed by atoms with van der Waals surface area (Å²) in [5.41, 5.74) is 9.78. The Balaban J connectivity index is 0.000000236. The summed E-state index contributed by atoms with van der Waals surface area (Å²) in [6.45, 7) is 7.76. The summed E-state index contributed by atoms with van der Waals surface area (Å²) in [5.74, 6) is 0.363. The SMILES string of the molecule is [2H]C([2H])([2H])c1ccc2c(c1)oc1c(-c3nc4ccccc4n3-c3c(C(C)C)cccc3C(C)C)[c-]ccc12.[2H]C([2H])([2H])c1cnc(-c2[c-]cccc2)cc1C([2H])(C)C.[Ir]. The van der Waals surface area contributed by atoms with Gasteiger partial charge >= 0.3 is 0 Å². The van der Waals surface area contributed by atoms with E-state index in [9.17, 15) is 0 Å². The van der Waals surface area contributed by atoms with Crippen LogP contribution in [0.3, 0.4) is 0 Å². The van der Waals surface area contributed by atoms with Gasteiger partial charge in [-0.15, -0.1) is 54.1 Å². The van der Waals surface area contributed by atoms with Crippen molar-refractivity contribution in [1.82, 2.24) is 14.5 Å². The Labute approximate surface area is 331 Å². The van der Waals surface area contributed by atoms with E-state index in [1.165, 1.54) is 17.3 Å². The van der Waals surface area contributed by atoms with Gasteiger partial charge < -0.3 is 14.0 Å². The van der Waals surface area contributed by atoms with Gasteiger partial charge in [0.05, 0.1) is 22.4 Å². The molecule has 0 unspecified atom stereocenters. The van der Waals surface area contributed by atoms with Gasteiger partial charge in [0.25, 0.3) is 0 Å². The van der Waals surface area contributed by atoms with E-state index in [-0.39, 0.29) is 31.2 Å². The summed E-state index contributed by atoms with van der Waals surface area (Å²) in [7, 11) is 0. The summed E-state index contributed by atoms with van der Waals surface area (Å²) in [6, 6.07) is 39.2. The van der Waals surface area contributed by atoms with Gasteiger partial charge in [-0.1, -0.05) is 101 Å². The number of aromatic nitrogens is 3. The van der Waals surface area contributed by atoms with Crippen LogP contribution in [0.2, 0.25) is 0 Å². The zero-order valence-electron chi connectivity index (χ0n) is 37.1. The van der Waals surface area contributed by atoms with E-state index < -0.39 is 19.6 Å². The van der Waals surface area contributed by atoms with E-state index in [1.807, 2.05) is 54.6 Å². The van der Waals surface area contributed by atoms with Gasteiger partial charge in [0, 0.05) is 47.0 Å². The van der Waals surface area contributed by atoms with Crippen LogP contribution >= 0.6 is 0 Å². The second-order valence-electron chi connectivity index (χ2n) is 13.7. The predicted octanol–water partition coefficient (Wildman–Crippen LogP) is 12.9. The number of benzene rings is 5. The van der Waals surface area contributed by atoms with Gasteiger partial charge in [-0.25, -0.2) is 0 Å². The quantitative estimate of drug-likeness (QED) is 0.156. The second kappa shape index (κ2) is 15.4. The average molecular weight is 867 g/mol. The first-order chi connectivity index (χ1) is 27.3. The molecule has 0 amide bonds. The number of fused-ring (bicyclic) bond motifs is 4. The molecule has 3 aromatic heterocycles. The Morgan fingerprint density at radius 1 is 0.750 bits per heavy atom. The molecule has 0 bridgehead atoms. The van der Waals surface area contributed by atoms with Crippen LogP contribution in [0.4, 0.5) is 0 Å². The number of rotatable bonds is 6. The molecule has 0 aliphatic rings. The number of aryl methyl sites for hydroxylation is 2. The molecule has 0 aliphatic carbocycles. The maximum absolute atomic E-state index is 8.16. The van der Waals surface area contributed by atoms with Crippen molar-refractivity contribution >= 4 is 33.0 Å². The number of hydrogen-bond donors (Lipinski definition) is 0. The summed E-state index contributed by atoms with van der Waals surface area (Å²) in [4.78, 5) is 9.33. The molecule has 52 heavy (non-hydrogen) atoms. The molecule has 0 fully saturated rings. The standard InChI is InChI=1S/C32H29N2O.C15H16N.Ir/c1-19(2)22-10-8-11-23(20(3)4)30(22)34-28-15-7-6-14-27(28)33-32(34)26-13-9-12-25-24-17-16-21(5)18-29(24)35-31(25)26;1-11(2)14-9-15(16-10-12(14)3)13-7-5-4-6-8-13;/h6-12,14-20H,1-5H3;4-7,9-11H,1-3H3;/q2*-1;/i5D3;3D3,11D;. The molecular weight excluding hydrogens is 815 g/mol. The Morgan fingerprint density at radius 3 is 2.21 bits per heavy atom. The van der Waals surface area contributed by atoms with Crippen molar-refractivity contribution in [2.75, 3.05) is 0 Å². The maximum Gasteiger partial charge on any atom is 0.121 e. The molecule has 0 atom stereocenters. The minimum atomic E-state index is -2.26. The molecule has 1 radical (unpaired) electrons. The third-order valence-electron chi connectivity index (χ3n) is 9.21. The molecule has 3 heterocycles. The predicted molar refractivity (Wildman–Crippen MR) is 213 cm³/mol. The van der Waals surface area contributed by atoms with Crippen LogP contribution in [0.1, 0.15) is 96.7 Å². The van der Waals surface area contributed by atoms with Crippen LogP contribution in [0.15, 0.2) is 114 Å². The zero-order valence-corrected chi connectivity index (χ0v) is 32.5. The van der Waals surface area contributed by atoms with Gasteiger partial charge in [-0.05, 0) is 83.1 Å². The molecule has 0 saturated carbocycles. The number of furan rings is 1. The third kappa shape index (κ3) is 7.00. The molecule has 8 aromatic rings. The third-order valence-corrected chi connectivity index (χ3v) is 9.21. The van der Waals surface area contributed by atoms with E-state index in [1.54, 1.807) is 38.1 Å². The second-order valence-corrected chi connectivity index (χ2v) is 13.7. The molecule has 0 aliphatic heterocycles. The van der Waals surface area contributed by atoms with Crippen LogP contribution in [-0.2, 0) is 20.1 Å². The summed E-state index contributed by atoms with van der Waals surface area (Å²) < 4.78 is 63.0. The molecule has 5 heteroatoms. The van der Waals surface area contributed by atoms with Crippen molar-refractivity contribution in [2.45, 2.75) is 73.0 Å². The van der Waals surface area contributed by atoms with Crippen LogP contribution < -0.4 is 0 Å². The number of imidazole rings is 1. The summed E-state index contributed by atoms with van der Waals surface area (Å²) >= 11 is 0. The Bertz CT molecular complexity index is 2730. The summed E-state index contributed by atoms with van der Waals surface area (Å²) in [6.07, 6.45) is 1.36. The number of nitrogens with zero attached hydrogens (tertiary/aromatic N) is 3. The molecule has 4 nitrogen and oxygen atoms in total. The van der Waals surface area contributed by atoms with Gasteiger partial charge in [-0.2, -0.15) is 0 Å². The minimum absolute atomic E-state index is 0. The van der Waals surface area contributed by atoms with Crippen molar-refractivity contribution < 1.29 is 34.1 Å². The van der Waals surface area contributed by atoms with Crippen molar-refractivity contribution in [1.29, 1.82) is 0 Å². The fourth-order valence-electron chi connectivity index (χ4n) is 6.67. The Morgan fingerprint density at radius 2 is 1.52 bits per heavy atom. The van der Waals surface area contributed by atoms with Gasteiger partial charge in [0.15, 0.2) is 0 Å². The van der Waals surface area contributed by atoms with E-state index in [2.05, 4.69) is 73.6 Å². The number of pyridine rings is 1. The first-order valence-electron chi connectivity index (χ1n) is 20.8. The van der Waals surface area contributed by atoms with E-state index in [0.29, 0.717) is 34.3 Å². The van der Waals surface area contributed by atoms with Gasteiger partial charge in [0.2, 0.25) is 0 Å². The Hall–Kier alpha value is -4.83. The minimum Gasteiger partial charge on any atom is -0.501 e. The number of hydrogen-bond acceptors (Lipinski definition) is 3. The van der Waals surface area contributed by atoms with Crippen LogP contribution in [0.25, 0.3) is 61.3 Å². The normalized spacial score (nSPS) is 14.1. The molecule has 8 rings (SSSR count). The van der Waals surface area contributed by atoms with E-state index in [4.69, 9.17) is 19.0 Å². The number of para-hydroxylation sites is 3. The van der Waals surface area contributed by atoms with Crippen LogP contribution in [0.5, 0.6) is 0 Å². The monoisotopic (exact) mass is 867 g/mol. The fraction of sp³-hybridized carbons (Fsp3) is 0.234. The van der Waals surface area contributed by atoms with E-state index >= 15 is 0 Å². The van der Waals surface area contributed by atoms with Crippen LogP contribution in [0, 0.1) is 25.8 Å². The maximum atomic E-state index is 8.16. The molecule has 0 N–H and O–H groups in total. The Kier molecular flexibility index (Phi) is 8.51. The van der Waals surface area contributed by atoms with Gasteiger partial charge in [-0.3, -0.25) is 4.98 Å². The van der Waals surface area contributed by atoms with E-state index in [0.717, 1.165) is 44.4 Å². The molecular formula is C47H45IrN3O-2. The average Bonchev–Trinajstić information content (AvgIpc) is 3.75. The molecule has 0 spiro atoms.